The average molecular weight is 270 g/mol. The molecule has 2 aliphatic heterocycles. The van der Waals surface area contributed by atoms with E-state index >= 15 is 0 Å². The molecule has 2 heterocycles. The van der Waals surface area contributed by atoms with Crippen LogP contribution in [0.3, 0.4) is 0 Å². The Morgan fingerprint density at radius 3 is 2.47 bits per heavy atom. The Bertz CT molecular complexity index is 347. The SMILES string of the molecule is C[C@@H](NC(=O)[C@]1(C)CCOC1)C(=O)N1CCOCC1. The fourth-order valence-electron chi connectivity index (χ4n) is 2.34. The lowest BCUT2D eigenvalue weighted by molar-refractivity contribution is -0.141. The van der Waals surface area contributed by atoms with Crippen LogP contribution in [0.2, 0.25) is 0 Å². The summed E-state index contributed by atoms with van der Waals surface area (Å²) < 4.78 is 10.5. The number of rotatable bonds is 3. The topological polar surface area (TPSA) is 67.9 Å². The smallest absolute Gasteiger partial charge is 0.245 e. The Balaban J connectivity index is 1.87. The van der Waals surface area contributed by atoms with Crippen molar-refractivity contribution in [1.29, 1.82) is 0 Å². The standard InChI is InChI=1S/C13H22N2O4/c1-10(11(16)15-4-7-18-8-5-15)14-12(17)13(2)3-6-19-9-13/h10H,3-9H2,1-2H3,(H,14,17)/t10-,13-/m1/s1. The first-order valence-electron chi connectivity index (χ1n) is 6.78. The molecule has 0 aliphatic carbocycles. The second-order valence-electron chi connectivity index (χ2n) is 5.50. The zero-order chi connectivity index (χ0) is 13.9. The van der Waals surface area contributed by atoms with Gasteiger partial charge in [0, 0.05) is 19.7 Å². The van der Waals surface area contributed by atoms with E-state index in [9.17, 15) is 9.59 Å². The molecule has 0 bridgehead atoms. The van der Waals surface area contributed by atoms with E-state index in [1.54, 1.807) is 11.8 Å². The van der Waals surface area contributed by atoms with Gasteiger partial charge in [0.05, 0.1) is 25.2 Å². The fourth-order valence-corrected chi connectivity index (χ4v) is 2.34. The highest BCUT2D eigenvalue weighted by molar-refractivity contribution is 5.90. The van der Waals surface area contributed by atoms with E-state index in [0.717, 1.165) is 0 Å². The maximum atomic E-state index is 12.2. The molecule has 0 aromatic carbocycles. The van der Waals surface area contributed by atoms with Crippen molar-refractivity contribution in [3.63, 3.8) is 0 Å². The van der Waals surface area contributed by atoms with E-state index in [1.807, 2.05) is 6.92 Å². The molecule has 0 aromatic rings. The van der Waals surface area contributed by atoms with Gasteiger partial charge in [0.15, 0.2) is 0 Å². The van der Waals surface area contributed by atoms with Crippen molar-refractivity contribution in [3.8, 4) is 0 Å². The van der Waals surface area contributed by atoms with Crippen LogP contribution in [0.1, 0.15) is 20.3 Å². The monoisotopic (exact) mass is 270 g/mol. The third-order valence-electron chi connectivity index (χ3n) is 3.81. The number of nitrogens with zero attached hydrogens (tertiary/aromatic N) is 1. The molecule has 0 aromatic heterocycles. The van der Waals surface area contributed by atoms with Gasteiger partial charge in [-0.2, -0.15) is 0 Å². The summed E-state index contributed by atoms with van der Waals surface area (Å²) in [6.07, 6.45) is 0.706. The predicted octanol–water partition coefficient (Wildman–Crippen LogP) is -0.223. The van der Waals surface area contributed by atoms with E-state index in [2.05, 4.69) is 5.32 Å². The first-order chi connectivity index (χ1) is 9.03. The minimum Gasteiger partial charge on any atom is -0.380 e. The van der Waals surface area contributed by atoms with Crippen LogP contribution in [0.4, 0.5) is 0 Å². The number of morpholine rings is 1. The minimum atomic E-state index is -0.500. The van der Waals surface area contributed by atoms with Crippen LogP contribution < -0.4 is 5.32 Å². The van der Waals surface area contributed by atoms with Gasteiger partial charge in [-0.1, -0.05) is 0 Å². The Hall–Kier alpha value is -1.14. The highest BCUT2D eigenvalue weighted by Crippen LogP contribution is 2.27. The van der Waals surface area contributed by atoms with Crippen molar-refractivity contribution in [1.82, 2.24) is 10.2 Å². The molecule has 2 amide bonds. The van der Waals surface area contributed by atoms with Crippen LogP contribution in [0, 0.1) is 5.41 Å². The van der Waals surface area contributed by atoms with Gasteiger partial charge in [-0.05, 0) is 20.3 Å². The Labute approximate surface area is 113 Å². The van der Waals surface area contributed by atoms with Crippen molar-refractivity contribution in [3.05, 3.63) is 0 Å². The van der Waals surface area contributed by atoms with Crippen LogP contribution in [0.5, 0.6) is 0 Å². The van der Waals surface area contributed by atoms with E-state index in [-0.39, 0.29) is 11.8 Å². The number of carbonyl (C=O) groups is 2. The first-order valence-corrected chi connectivity index (χ1v) is 6.78. The molecule has 1 N–H and O–H groups in total. The Morgan fingerprint density at radius 1 is 1.21 bits per heavy atom. The van der Waals surface area contributed by atoms with Gasteiger partial charge in [-0.25, -0.2) is 0 Å². The van der Waals surface area contributed by atoms with Gasteiger partial charge in [0.2, 0.25) is 11.8 Å². The van der Waals surface area contributed by atoms with E-state index in [4.69, 9.17) is 9.47 Å². The van der Waals surface area contributed by atoms with Crippen molar-refractivity contribution >= 4 is 11.8 Å². The van der Waals surface area contributed by atoms with Crippen LogP contribution in [-0.4, -0.2) is 62.3 Å². The summed E-state index contributed by atoms with van der Waals surface area (Å²) >= 11 is 0. The van der Waals surface area contributed by atoms with Gasteiger partial charge in [0.1, 0.15) is 6.04 Å². The van der Waals surface area contributed by atoms with Gasteiger partial charge in [-0.15, -0.1) is 0 Å². The Morgan fingerprint density at radius 2 is 1.89 bits per heavy atom. The number of hydrogen-bond acceptors (Lipinski definition) is 4. The van der Waals surface area contributed by atoms with Gasteiger partial charge in [0.25, 0.3) is 0 Å². The van der Waals surface area contributed by atoms with Crippen molar-refractivity contribution in [2.75, 3.05) is 39.5 Å². The molecular weight excluding hydrogens is 248 g/mol. The number of hydrogen-bond donors (Lipinski definition) is 1. The minimum absolute atomic E-state index is 0.0424. The normalized spacial score (nSPS) is 29.1. The molecule has 0 saturated carbocycles. The molecule has 0 spiro atoms. The van der Waals surface area contributed by atoms with Crippen LogP contribution in [-0.2, 0) is 19.1 Å². The van der Waals surface area contributed by atoms with Crippen LogP contribution >= 0.6 is 0 Å². The van der Waals surface area contributed by atoms with Crippen LogP contribution in [0.15, 0.2) is 0 Å². The van der Waals surface area contributed by atoms with Gasteiger partial charge >= 0.3 is 0 Å². The average Bonchev–Trinajstić information content (AvgIpc) is 2.87. The molecule has 19 heavy (non-hydrogen) atoms. The first kappa shape index (κ1) is 14.3. The molecule has 2 fully saturated rings. The largest absolute Gasteiger partial charge is 0.380 e. The fraction of sp³-hybridized carbons (Fsp3) is 0.846. The molecule has 2 atom stereocenters. The van der Waals surface area contributed by atoms with Crippen LogP contribution in [0.25, 0.3) is 0 Å². The number of nitrogens with one attached hydrogen (secondary N) is 1. The third-order valence-corrected chi connectivity index (χ3v) is 3.81. The van der Waals surface area contributed by atoms with E-state index < -0.39 is 11.5 Å². The predicted molar refractivity (Wildman–Crippen MR) is 68.5 cm³/mol. The van der Waals surface area contributed by atoms with Crippen molar-refractivity contribution < 1.29 is 19.1 Å². The number of amides is 2. The molecule has 2 aliphatic rings. The molecule has 108 valence electrons. The third kappa shape index (κ3) is 3.25. The zero-order valence-corrected chi connectivity index (χ0v) is 11.6. The summed E-state index contributed by atoms with van der Waals surface area (Å²) in [5.41, 5.74) is -0.500. The maximum Gasteiger partial charge on any atom is 0.245 e. The summed E-state index contributed by atoms with van der Waals surface area (Å²) in [5, 5.41) is 2.81. The van der Waals surface area contributed by atoms with Gasteiger partial charge < -0.3 is 19.7 Å². The summed E-state index contributed by atoms with van der Waals surface area (Å²) in [6, 6.07) is -0.497. The summed E-state index contributed by atoms with van der Waals surface area (Å²) in [6.45, 7) is 6.97. The Kier molecular flexibility index (Phi) is 4.42. The lowest BCUT2D eigenvalue weighted by atomic mass is 9.88. The summed E-state index contributed by atoms with van der Waals surface area (Å²) in [7, 11) is 0. The summed E-state index contributed by atoms with van der Waals surface area (Å²) in [5.74, 6) is -0.140. The molecule has 6 nitrogen and oxygen atoms in total. The second kappa shape index (κ2) is 5.88. The molecule has 6 heteroatoms. The molecule has 0 radical (unpaired) electrons. The lowest BCUT2D eigenvalue weighted by Crippen LogP contribution is -2.53. The second-order valence-corrected chi connectivity index (χ2v) is 5.50. The molecule has 2 rings (SSSR count). The molecular formula is C13H22N2O4. The summed E-state index contributed by atoms with van der Waals surface area (Å²) in [4.78, 5) is 26.1. The molecule has 0 unspecified atom stereocenters. The zero-order valence-electron chi connectivity index (χ0n) is 11.6. The highest BCUT2D eigenvalue weighted by Gasteiger charge is 2.38. The lowest BCUT2D eigenvalue weighted by Gasteiger charge is -2.30. The number of ether oxygens (including phenoxy) is 2. The maximum absolute atomic E-state index is 12.2. The van der Waals surface area contributed by atoms with Crippen molar-refractivity contribution in [2.45, 2.75) is 26.3 Å². The van der Waals surface area contributed by atoms with E-state index in [0.29, 0.717) is 45.9 Å². The highest BCUT2D eigenvalue weighted by atomic mass is 16.5. The van der Waals surface area contributed by atoms with E-state index in [1.165, 1.54) is 0 Å². The quantitative estimate of drug-likeness (QED) is 0.769. The van der Waals surface area contributed by atoms with Gasteiger partial charge in [-0.3, -0.25) is 9.59 Å². The number of carbonyl (C=O) groups excluding carboxylic acids is 2. The van der Waals surface area contributed by atoms with Crippen molar-refractivity contribution in [2.24, 2.45) is 5.41 Å². The molecule has 2 saturated heterocycles.